The van der Waals surface area contributed by atoms with E-state index < -0.39 is 4.92 Å². The molecule has 0 saturated carbocycles. The molecule has 0 bridgehead atoms. The predicted octanol–water partition coefficient (Wildman–Crippen LogP) is 1.57. The molecule has 0 aliphatic carbocycles. The van der Waals surface area contributed by atoms with Crippen molar-refractivity contribution in [2.24, 2.45) is 16.3 Å². The van der Waals surface area contributed by atoms with Crippen molar-refractivity contribution < 1.29 is 10.1 Å². The molecule has 3 N–H and O–H groups in total. The Morgan fingerprint density at radius 1 is 1.60 bits per heavy atom. The van der Waals surface area contributed by atoms with Gasteiger partial charge in [-0.1, -0.05) is 25.9 Å². The highest BCUT2D eigenvalue weighted by Crippen LogP contribution is 2.24. The summed E-state index contributed by atoms with van der Waals surface area (Å²) in [6.45, 7) is 6.82. The van der Waals surface area contributed by atoms with E-state index in [0.717, 1.165) is 6.20 Å². The van der Waals surface area contributed by atoms with Crippen molar-refractivity contribution in [3.05, 3.63) is 27.9 Å². The van der Waals surface area contributed by atoms with Crippen LogP contribution in [0.2, 0.25) is 0 Å². The monoisotopic (exact) mass is 281 g/mol. The first kappa shape index (κ1) is 15.7. The first-order valence-corrected chi connectivity index (χ1v) is 5.99. The largest absolute Gasteiger partial charge is 0.409 e. The van der Waals surface area contributed by atoms with Gasteiger partial charge in [-0.2, -0.15) is 0 Å². The molecule has 0 aromatic carbocycles. The van der Waals surface area contributed by atoms with E-state index in [-0.39, 0.29) is 22.5 Å². The maximum atomic E-state index is 10.8. The van der Waals surface area contributed by atoms with Crippen LogP contribution in [0.5, 0.6) is 0 Å². The van der Waals surface area contributed by atoms with E-state index in [1.807, 2.05) is 4.90 Å². The molecule has 0 fully saturated rings. The summed E-state index contributed by atoms with van der Waals surface area (Å²) in [6.07, 6.45) is 1.16. The van der Waals surface area contributed by atoms with Crippen LogP contribution in [0.4, 0.5) is 11.5 Å². The molecule has 8 heteroatoms. The van der Waals surface area contributed by atoms with Crippen molar-refractivity contribution >= 4 is 17.3 Å². The molecule has 110 valence electrons. The Morgan fingerprint density at radius 3 is 2.65 bits per heavy atom. The van der Waals surface area contributed by atoms with Crippen molar-refractivity contribution in [3.8, 4) is 0 Å². The Bertz CT molecular complexity index is 536. The molecule has 0 atom stereocenters. The average Bonchev–Trinajstić information content (AvgIpc) is 2.34. The van der Waals surface area contributed by atoms with Crippen LogP contribution in [0.25, 0.3) is 0 Å². The van der Waals surface area contributed by atoms with E-state index >= 15 is 0 Å². The Hall–Kier alpha value is -2.38. The van der Waals surface area contributed by atoms with Gasteiger partial charge in [-0.25, -0.2) is 4.98 Å². The normalized spacial score (nSPS) is 12.3. The van der Waals surface area contributed by atoms with Crippen molar-refractivity contribution in [2.75, 3.05) is 18.5 Å². The van der Waals surface area contributed by atoms with Crippen LogP contribution in [0.1, 0.15) is 26.3 Å². The average molecular weight is 281 g/mol. The quantitative estimate of drug-likeness (QED) is 0.284. The summed E-state index contributed by atoms with van der Waals surface area (Å²) < 4.78 is 0. The third kappa shape index (κ3) is 3.81. The highest BCUT2D eigenvalue weighted by atomic mass is 16.6. The summed E-state index contributed by atoms with van der Waals surface area (Å²) in [5.74, 6) is 0.220. The SMILES string of the molecule is CN(CC(C)(C)C)c1ncc([N+](=O)[O-])cc1C(N)=NO. The van der Waals surface area contributed by atoms with Crippen LogP contribution in [0, 0.1) is 15.5 Å². The summed E-state index contributed by atoms with van der Waals surface area (Å²) in [5, 5.41) is 22.5. The predicted molar refractivity (Wildman–Crippen MR) is 76.1 cm³/mol. The van der Waals surface area contributed by atoms with E-state index in [1.165, 1.54) is 6.07 Å². The van der Waals surface area contributed by atoms with Gasteiger partial charge in [0, 0.05) is 19.7 Å². The third-order valence-electron chi connectivity index (χ3n) is 2.52. The van der Waals surface area contributed by atoms with Gasteiger partial charge in [-0.3, -0.25) is 10.1 Å². The van der Waals surface area contributed by atoms with Gasteiger partial charge in [-0.15, -0.1) is 0 Å². The zero-order chi connectivity index (χ0) is 15.5. The fourth-order valence-corrected chi connectivity index (χ4v) is 1.88. The summed E-state index contributed by atoms with van der Waals surface area (Å²) >= 11 is 0. The number of hydrogen-bond donors (Lipinski definition) is 2. The van der Waals surface area contributed by atoms with Gasteiger partial charge in [0.25, 0.3) is 5.69 Å². The lowest BCUT2D eigenvalue weighted by molar-refractivity contribution is -0.385. The molecular weight excluding hydrogens is 262 g/mol. The highest BCUT2D eigenvalue weighted by Gasteiger charge is 2.21. The van der Waals surface area contributed by atoms with Gasteiger partial charge in [0.05, 0.1) is 10.5 Å². The van der Waals surface area contributed by atoms with E-state index in [2.05, 4.69) is 30.9 Å². The molecule has 0 unspecified atom stereocenters. The number of nitrogens with zero attached hydrogens (tertiary/aromatic N) is 4. The Morgan fingerprint density at radius 2 is 2.20 bits per heavy atom. The lowest BCUT2D eigenvalue weighted by atomic mass is 9.96. The second-order valence-corrected chi connectivity index (χ2v) is 5.72. The van der Waals surface area contributed by atoms with E-state index in [9.17, 15) is 10.1 Å². The van der Waals surface area contributed by atoms with Crippen molar-refractivity contribution in [1.82, 2.24) is 4.98 Å². The van der Waals surface area contributed by atoms with Crippen LogP contribution in [-0.2, 0) is 0 Å². The molecule has 1 aromatic rings. The molecule has 8 nitrogen and oxygen atoms in total. The number of nitro groups is 1. The fraction of sp³-hybridized carbons (Fsp3) is 0.500. The molecule has 20 heavy (non-hydrogen) atoms. The summed E-state index contributed by atoms with van der Waals surface area (Å²) in [5.41, 5.74) is 5.60. The summed E-state index contributed by atoms with van der Waals surface area (Å²) in [7, 11) is 1.80. The molecule has 1 aromatic heterocycles. The molecule has 1 heterocycles. The second kappa shape index (κ2) is 5.72. The van der Waals surface area contributed by atoms with Gasteiger partial charge in [0.2, 0.25) is 0 Å². The van der Waals surface area contributed by atoms with E-state index in [1.54, 1.807) is 7.05 Å². The van der Waals surface area contributed by atoms with Crippen LogP contribution < -0.4 is 10.6 Å². The number of amidine groups is 1. The number of hydrogen-bond acceptors (Lipinski definition) is 6. The minimum Gasteiger partial charge on any atom is -0.409 e. The standard InChI is InChI=1S/C12H19N5O3/c1-12(2,3)7-16(4)11-9(10(13)15-18)5-8(6-14-11)17(19)20/h5-6,18H,7H2,1-4H3,(H2,13,15). The molecule has 0 amide bonds. The smallest absolute Gasteiger partial charge is 0.288 e. The molecular formula is C12H19N5O3. The number of rotatable bonds is 4. The molecule has 1 rings (SSSR count). The lowest BCUT2D eigenvalue weighted by Gasteiger charge is -2.28. The zero-order valence-corrected chi connectivity index (χ0v) is 12.0. The maximum Gasteiger partial charge on any atom is 0.288 e. The topological polar surface area (TPSA) is 118 Å². The molecule has 0 aliphatic rings. The van der Waals surface area contributed by atoms with Crippen molar-refractivity contribution in [3.63, 3.8) is 0 Å². The van der Waals surface area contributed by atoms with Crippen molar-refractivity contribution in [2.45, 2.75) is 20.8 Å². The van der Waals surface area contributed by atoms with Gasteiger partial charge in [0.1, 0.15) is 12.0 Å². The minimum atomic E-state index is -0.575. The number of pyridine rings is 1. The Kier molecular flexibility index (Phi) is 4.49. The van der Waals surface area contributed by atoms with Crippen molar-refractivity contribution in [1.29, 1.82) is 0 Å². The number of nitrogens with two attached hydrogens (primary N) is 1. The minimum absolute atomic E-state index is 0.000590. The maximum absolute atomic E-state index is 10.8. The van der Waals surface area contributed by atoms with Gasteiger partial charge in [0.15, 0.2) is 5.84 Å². The van der Waals surface area contributed by atoms with Gasteiger partial charge in [-0.05, 0) is 5.41 Å². The zero-order valence-electron chi connectivity index (χ0n) is 12.0. The van der Waals surface area contributed by atoms with E-state index in [4.69, 9.17) is 10.9 Å². The second-order valence-electron chi connectivity index (χ2n) is 5.72. The van der Waals surface area contributed by atoms with Crippen LogP contribution in [0.3, 0.4) is 0 Å². The molecule has 0 aliphatic heterocycles. The Labute approximate surface area is 117 Å². The molecule has 0 spiro atoms. The Balaban J connectivity index is 3.28. The summed E-state index contributed by atoms with van der Waals surface area (Å²) in [4.78, 5) is 16.1. The number of aromatic nitrogens is 1. The highest BCUT2D eigenvalue weighted by molar-refractivity contribution is 6.01. The third-order valence-corrected chi connectivity index (χ3v) is 2.52. The van der Waals surface area contributed by atoms with Gasteiger partial charge >= 0.3 is 0 Å². The van der Waals surface area contributed by atoms with Gasteiger partial charge < -0.3 is 15.8 Å². The number of anilines is 1. The first-order valence-electron chi connectivity index (χ1n) is 5.99. The first-order chi connectivity index (χ1) is 9.15. The molecule has 0 saturated heterocycles. The van der Waals surface area contributed by atoms with Crippen LogP contribution in [0.15, 0.2) is 17.4 Å². The number of oxime groups is 1. The fourth-order valence-electron chi connectivity index (χ4n) is 1.88. The lowest BCUT2D eigenvalue weighted by Crippen LogP contribution is -2.32. The summed E-state index contributed by atoms with van der Waals surface area (Å²) in [6, 6.07) is 1.25. The van der Waals surface area contributed by atoms with Crippen LogP contribution >= 0.6 is 0 Å². The van der Waals surface area contributed by atoms with E-state index in [0.29, 0.717) is 12.4 Å². The molecule has 0 radical (unpaired) electrons. The van der Waals surface area contributed by atoms with Crippen LogP contribution in [-0.4, -0.2) is 34.5 Å².